The Morgan fingerprint density at radius 2 is 2.11 bits per heavy atom. The number of rotatable bonds is 2. The lowest BCUT2D eigenvalue weighted by Gasteiger charge is -2.35. The molecule has 4 nitrogen and oxygen atoms in total. The molecule has 0 saturated carbocycles. The van der Waals surface area contributed by atoms with Crippen LogP contribution in [0, 0.1) is 6.92 Å². The van der Waals surface area contributed by atoms with E-state index in [4.69, 9.17) is 15.5 Å². The second kappa shape index (κ2) is 4.62. The lowest BCUT2D eigenvalue weighted by molar-refractivity contribution is 0.0492. The number of hydrogen-bond donors (Lipinski definition) is 1. The highest BCUT2D eigenvalue weighted by Gasteiger charge is 2.37. The predicted molar refractivity (Wildman–Crippen MR) is 76.2 cm³/mol. The Hall–Kier alpha value is -1.39. The first-order chi connectivity index (χ1) is 9.18. The van der Waals surface area contributed by atoms with Gasteiger partial charge >= 0.3 is 0 Å². The molecule has 1 aromatic carbocycles. The molecule has 1 aromatic heterocycles. The van der Waals surface area contributed by atoms with Gasteiger partial charge in [0, 0.05) is 32.2 Å². The third-order valence-corrected chi connectivity index (χ3v) is 4.41. The minimum atomic E-state index is -0.0293. The topological polar surface area (TPSA) is 53.1 Å². The monoisotopic (exact) mass is 259 g/mol. The molecule has 0 radical (unpaired) electrons. The van der Waals surface area contributed by atoms with Gasteiger partial charge in [0.05, 0.1) is 11.0 Å². The molecule has 2 N–H and O–H groups in total. The number of nitrogens with zero attached hydrogens (tertiary/aromatic N) is 2. The summed E-state index contributed by atoms with van der Waals surface area (Å²) >= 11 is 0. The van der Waals surface area contributed by atoms with Gasteiger partial charge in [0.1, 0.15) is 5.82 Å². The third-order valence-electron chi connectivity index (χ3n) is 4.41. The molecule has 1 saturated heterocycles. The Labute approximate surface area is 113 Å². The van der Waals surface area contributed by atoms with Crippen molar-refractivity contribution in [3.8, 4) is 0 Å². The Morgan fingerprint density at radius 1 is 1.37 bits per heavy atom. The lowest BCUT2D eigenvalue weighted by atomic mass is 9.79. The quantitative estimate of drug-likeness (QED) is 0.896. The number of hydrogen-bond acceptors (Lipinski definition) is 3. The van der Waals surface area contributed by atoms with Gasteiger partial charge < -0.3 is 15.0 Å². The van der Waals surface area contributed by atoms with E-state index in [0.717, 1.165) is 37.4 Å². The molecule has 1 aliphatic rings. The number of benzene rings is 1. The summed E-state index contributed by atoms with van der Waals surface area (Å²) in [6, 6.07) is 6.27. The molecule has 2 aromatic rings. The standard InChI is InChI=1S/C15H21N3O/c1-11-4-3-5-12-13(11)18(2)14(17-12)15(10-16)6-8-19-9-7-15/h3-5H,6-10,16H2,1-2H3. The van der Waals surface area contributed by atoms with E-state index in [1.807, 2.05) is 0 Å². The number of aromatic nitrogens is 2. The molecule has 0 amide bonds. The smallest absolute Gasteiger partial charge is 0.117 e. The van der Waals surface area contributed by atoms with E-state index in [1.165, 1.54) is 11.1 Å². The van der Waals surface area contributed by atoms with E-state index >= 15 is 0 Å². The van der Waals surface area contributed by atoms with Crippen molar-refractivity contribution in [2.24, 2.45) is 12.8 Å². The molecular weight excluding hydrogens is 238 g/mol. The van der Waals surface area contributed by atoms with E-state index in [1.54, 1.807) is 0 Å². The van der Waals surface area contributed by atoms with E-state index in [-0.39, 0.29) is 5.41 Å². The maximum Gasteiger partial charge on any atom is 0.117 e. The van der Waals surface area contributed by atoms with Gasteiger partial charge in [-0.05, 0) is 31.4 Å². The van der Waals surface area contributed by atoms with Crippen LogP contribution < -0.4 is 5.73 Å². The van der Waals surface area contributed by atoms with E-state index in [2.05, 4.69) is 36.7 Å². The highest BCUT2D eigenvalue weighted by Crippen LogP contribution is 2.35. The van der Waals surface area contributed by atoms with Crippen molar-refractivity contribution in [3.63, 3.8) is 0 Å². The first-order valence-corrected chi connectivity index (χ1v) is 6.88. The SMILES string of the molecule is Cc1cccc2nc(C3(CN)CCOCC3)n(C)c12. The first-order valence-electron chi connectivity index (χ1n) is 6.88. The molecule has 0 bridgehead atoms. The van der Waals surface area contributed by atoms with Crippen LogP contribution in [0.2, 0.25) is 0 Å². The average molecular weight is 259 g/mol. The normalized spacial score (nSPS) is 18.9. The molecule has 0 atom stereocenters. The highest BCUT2D eigenvalue weighted by molar-refractivity contribution is 5.79. The number of para-hydroxylation sites is 1. The second-order valence-corrected chi connectivity index (χ2v) is 5.53. The minimum Gasteiger partial charge on any atom is -0.381 e. The lowest BCUT2D eigenvalue weighted by Crippen LogP contribution is -2.42. The van der Waals surface area contributed by atoms with Gasteiger partial charge in [-0.1, -0.05) is 12.1 Å². The van der Waals surface area contributed by atoms with Gasteiger partial charge in [-0.3, -0.25) is 0 Å². The summed E-state index contributed by atoms with van der Waals surface area (Å²) in [5, 5.41) is 0. The fraction of sp³-hybridized carbons (Fsp3) is 0.533. The first kappa shape index (κ1) is 12.6. The molecule has 19 heavy (non-hydrogen) atoms. The molecule has 102 valence electrons. The molecule has 0 aliphatic carbocycles. The predicted octanol–water partition coefficient (Wildman–Crippen LogP) is 1.89. The number of imidazole rings is 1. The number of ether oxygens (including phenoxy) is 1. The summed E-state index contributed by atoms with van der Waals surface area (Å²) in [5.74, 6) is 1.11. The molecule has 2 heterocycles. The van der Waals surface area contributed by atoms with Gasteiger partial charge in [0.15, 0.2) is 0 Å². The van der Waals surface area contributed by atoms with E-state index in [0.29, 0.717) is 6.54 Å². The molecule has 3 rings (SSSR count). The Bertz CT molecular complexity index is 597. The molecule has 1 fully saturated rings. The Balaban J connectivity index is 2.19. The Morgan fingerprint density at radius 3 is 2.74 bits per heavy atom. The van der Waals surface area contributed by atoms with Crippen molar-refractivity contribution >= 4 is 11.0 Å². The van der Waals surface area contributed by atoms with Crippen molar-refractivity contribution in [2.45, 2.75) is 25.2 Å². The summed E-state index contributed by atoms with van der Waals surface area (Å²) < 4.78 is 7.72. The van der Waals surface area contributed by atoms with Crippen LogP contribution in [0.5, 0.6) is 0 Å². The van der Waals surface area contributed by atoms with Gasteiger partial charge in [0.25, 0.3) is 0 Å². The van der Waals surface area contributed by atoms with Crippen LogP contribution >= 0.6 is 0 Å². The van der Waals surface area contributed by atoms with Crippen molar-refractivity contribution < 1.29 is 4.74 Å². The fourth-order valence-electron chi connectivity index (χ4n) is 3.22. The van der Waals surface area contributed by atoms with Crippen LogP contribution in [0.1, 0.15) is 24.2 Å². The van der Waals surface area contributed by atoms with Gasteiger partial charge in [-0.2, -0.15) is 0 Å². The van der Waals surface area contributed by atoms with E-state index in [9.17, 15) is 0 Å². The zero-order chi connectivity index (χ0) is 13.5. The number of fused-ring (bicyclic) bond motifs is 1. The van der Waals surface area contributed by atoms with Gasteiger partial charge in [0.2, 0.25) is 0 Å². The Kier molecular flexibility index (Phi) is 3.07. The van der Waals surface area contributed by atoms with Crippen LogP contribution in [0.15, 0.2) is 18.2 Å². The summed E-state index contributed by atoms with van der Waals surface area (Å²) in [5.41, 5.74) is 9.61. The molecule has 0 spiro atoms. The molecule has 1 aliphatic heterocycles. The van der Waals surface area contributed by atoms with Crippen LogP contribution in [0.25, 0.3) is 11.0 Å². The largest absolute Gasteiger partial charge is 0.381 e. The fourth-order valence-corrected chi connectivity index (χ4v) is 3.22. The maximum absolute atomic E-state index is 6.09. The number of aryl methyl sites for hydroxylation is 2. The second-order valence-electron chi connectivity index (χ2n) is 5.53. The van der Waals surface area contributed by atoms with Crippen LogP contribution in [-0.2, 0) is 17.2 Å². The highest BCUT2D eigenvalue weighted by atomic mass is 16.5. The van der Waals surface area contributed by atoms with Gasteiger partial charge in [-0.25, -0.2) is 4.98 Å². The van der Waals surface area contributed by atoms with Crippen molar-refractivity contribution in [3.05, 3.63) is 29.6 Å². The average Bonchev–Trinajstić information content (AvgIpc) is 2.79. The minimum absolute atomic E-state index is 0.0293. The molecule has 0 unspecified atom stereocenters. The van der Waals surface area contributed by atoms with Crippen molar-refractivity contribution in [1.29, 1.82) is 0 Å². The zero-order valence-electron chi connectivity index (χ0n) is 11.6. The summed E-state index contributed by atoms with van der Waals surface area (Å²) in [7, 11) is 2.10. The van der Waals surface area contributed by atoms with E-state index < -0.39 is 0 Å². The third kappa shape index (κ3) is 1.86. The van der Waals surface area contributed by atoms with Crippen molar-refractivity contribution in [1.82, 2.24) is 9.55 Å². The van der Waals surface area contributed by atoms with Gasteiger partial charge in [-0.15, -0.1) is 0 Å². The number of nitrogens with two attached hydrogens (primary N) is 1. The summed E-state index contributed by atoms with van der Waals surface area (Å²) in [4.78, 5) is 4.87. The van der Waals surface area contributed by atoms with Crippen LogP contribution in [-0.4, -0.2) is 29.3 Å². The summed E-state index contributed by atoms with van der Waals surface area (Å²) in [6.45, 7) is 4.32. The maximum atomic E-state index is 6.09. The molecular formula is C15H21N3O. The van der Waals surface area contributed by atoms with Crippen LogP contribution in [0.3, 0.4) is 0 Å². The molecule has 4 heteroatoms. The summed E-state index contributed by atoms with van der Waals surface area (Å²) in [6.07, 6.45) is 1.92. The van der Waals surface area contributed by atoms with Crippen molar-refractivity contribution in [2.75, 3.05) is 19.8 Å². The van der Waals surface area contributed by atoms with Crippen LogP contribution in [0.4, 0.5) is 0 Å². The zero-order valence-corrected chi connectivity index (χ0v) is 11.6.